The second-order valence-electron chi connectivity index (χ2n) is 10.2. The lowest BCUT2D eigenvalue weighted by atomic mass is 9.86. The Bertz CT molecular complexity index is 1380. The van der Waals surface area contributed by atoms with Gasteiger partial charge >= 0.3 is 12.1 Å². The van der Waals surface area contributed by atoms with Gasteiger partial charge in [0.15, 0.2) is 0 Å². The minimum absolute atomic E-state index is 0.0481. The molecule has 3 N–H and O–H groups in total. The summed E-state index contributed by atoms with van der Waals surface area (Å²) in [6.07, 6.45) is -2.13. The number of halogens is 3. The number of allylic oxidation sites excluding steroid dienone is 1. The first-order chi connectivity index (χ1) is 19.3. The molecule has 0 aliphatic carbocycles. The number of carboxylic acids is 1. The van der Waals surface area contributed by atoms with Crippen LogP contribution in [-0.4, -0.2) is 30.2 Å². The molecule has 0 spiro atoms. The number of nitrogens with one attached hydrogen (secondary N) is 2. The molecule has 0 aliphatic heterocycles. The summed E-state index contributed by atoms with van der Waals surface area (Å²) in [5.41, 5.74) is 4.85. The highest BCUT2D eigenvalue weighted by Crippen LogP contribution is 2.30. The Morgan fingerprint density at radius 3 is 2.05 bits per heavy atom. The van der Waals surface area contributed by atoms with Crippen molar-refractivity contribution in [3.8, 4) is 5.75 Å². The van der Waals surface area contributed by atoms with Gasteiger partial charge in [0, 0.05) is 18.1 Å². The van der Waals surface area contributed by atoms with E-state index in [1.165, 1.54) is 23.8 Å². The fraction of sp³-hybridized carbons (Fsp3) is 0.290. The van der Waals surface area contributed by atoms with E-state index in [0.29, 0.717) is 18.8 Å². The van der Waals surface area contributed by atoms with Gasteiger partial charge in [-0.1, -0.05) is 51.1 Å². The summed E-state index contributed by atoms with van der Waals surface area (Å²) in [6, 6.07) is 15.9. The van der Waals surface area contributed by atoms with Gasteiger partial charge in [0.05, 0.1) is 35.7 Å². The number of aromatic carboxylic acids is 1. The highest BCUT2D eigenvalue weighted by Gasteiger charge is 2.30. The van der Waals surface area contributed by atoms with Crippen LogP contribution in [0.1, 0.15) is 71.5 Å². The van der Waals surface area contributed by atoms with Gasteiger partial charge in [-0.15, -0.1) is 0 Å². The van der Waals surface area contributed by atoms with Crippen LogP contribution in [0.4, 0.5) is 18.9 Å². The SMILES string of the molecule is CC=C(NOCCCOc1ccc(C(=O)O)c(NC(=O)c2ccc(C(F)(F)F)cc2)c1)c1ccc(C(C)(C)C)cc1. The zero-order valence-corrected chi connectivity index (χ0v) is 23.3. The molecule has 3 rings (SSSR count). The van der Waals surface area contributed by atoms with Gasteiger partial charge in [-0.2, -0.15) is 13.2 Å². The highest BCUT2D eigenvalue weighted by atomic mass is 19.4. The van der Waals surface area contributed by atoms with Gasteiger partial charge in [0.25, 0.3) is 5.91 Å². The number of ether oxygens (including phenoxy) is 1. The molecule has 0 heterocycles. The first-order valence-corrected chi connectivity index (χ1v) is 12.9. The topological polar surface area (TPSA) is 96.9 Å². The number of benzene rings is 3. The third kappa shape index (κ3) is 8.84. The predicted octanol–water partition coefficient (Wildman–Crippen LogP) is 7.30. The molecule has 7 nitrogen and oxygen atoms in total. The molecule has 0 aromatic heterocycles. The molecule has 218 valence electrons. The zero-order valence-electron chi connectivity index (χ0n) is 23.3. The lowest BCUT2D eigenvalue weighted by Gasteiger charge is -2.19. The Balaban J connectivity index is 1.53. The molecule has 0 unspecified atom stereocenters. The Morgan fingerprint density at radius 2 is 1.49 bits per heavy atom. The van der Waals surface area contributed by atoms with Crippen LogP contribution >= 0.6 is 0 Å². The molecule has 0 radical (unpaired) electrons. The maximum Gasteiger partial charge on any atom is 0.416 e. The van der Waals surface area contributed by atoms with Crippen LogP contribution in [-0.2, 0) is 16.4 Å². The van der Waals surface area contributed by atoms with Gasteiger partial charge in [-0.3, -0.25) is 15.1 Å². The smallest absolute Gasteiger partial charge is 0.416 e. The molecule has 0 saturated heterocycles. The summed E-state index contributed by atoms with van der Waals surface area (Å²) in [6.45, 7) is 8.93. The number of hydrogen-bond donors (Lipinski definition) is 3. The van der Waals surface area contributed by atoms with E-state index < -0.39 is 23.6 Å². The van der Waals surface area contributed by atoms with Crippen LogP contribution in [0.5, 0.6) is 5.75 Å². The van der Waals surface area contributed by atoms with Crippen LogP contribution in [0.25, 0.3) is 5.70 Å². The van der Waals surface area contributed by atoms with Gasteiger partial charge in [0.1, 0.15) is 5.75 Å². The van der Waals surface area contributed by atoms with E-state index in [1.807, 2.05) is 25.1 Å². The largest absolute Gasteiger partial charge is 0.493 e. The number of carboxylic acid groups (broad SMARTS) is 1. The van der Waals surface area contributed by atoms with Crippen LogP contribution in [0.2, 0.25) is 0 Å². The normalized spacial score (nSPS) is 12.1. The van der Waals surface area contributed by atoms with E-state index in [4.69, 9.17) is 9.57 Å². The predicted molar refractivity (Wildman–Crippen MR) is 151 cm³/mol. The number of carbonyl (C=O) groups is 2. The first-order valence-electron chi connectivity index (χ1n) is 12.9. The molecule has 41 heavy (non-hydrogen) atoms. The van der Waals surface area contributed by atoms with Gasteiger partial charge in [-0.25, -0.2) is 4.79 Å². The summed E-state index contributed by atoms with van der Waals surface area (Å²) in [5, 5.41) is 11.9. The molecule has 0 saturated carbocycles. The minimum Gasteiger partial charge on any atom is -0.493 e. The lowest BCUT2D eigenvalue weighted by molar-refractivity contribution is -0.137. The number of hydrogen-bond acceptors (Lipinski definition) is 5. The van der Waals surface area contributed by atoms with Crippen molar-refractivity contribution in [1.29, 1.82) is 0 Å². The number of anilines is 1. The second kappa shape index (κ2) is 13.4. The van der Waals surface area contributed by atoms with Crippen molar-refractivity contribution >= 4 is 23.3 Å². The molecule has 1 amide bonds. The molecule has 0 bridgehead atoms. The molecule has 3 aromatic rings. The summed E-state index contributed by atoms with van der Waals surface area (Å²) in [7, 11) is 0. The van der Waals surface area contributed by atoms with E-state index in [0.717, 1.165) is 35.5 Å². The fourth-order valence-electron chi connectivity index (χ4n) is 3.79. The molecule has 10 heteroatoms. The zero-order chi connectivity index (χ0) is 30.2. The number of carbonyl (C=O) groups excluding carboxylic acids is 1. The lowest BCUT2D eigenvalue weighted by Crippen LogP contribution is -2.16. The molecular weight excluding hydrogens is 537 g/mol. The third-order valence-electron chi connectivity index (χ3n) is 6.14. The van der Waals surface area contributed by atoms with Crippen LogP contribution < -0.4 is 15.5 Å². The highest BCUT2D eigenvalue weighted by molar-refractivity contribution is 6.07. The summed E-state index contributed by atoms with van der Waals surface area (Å²) < 4.78 is 44.1. The van der Waals surface area contributed by atoms with Crippen LogP contribution in [0, 0.1) is 0 Å². The second-order valence-corrected chi connectivity index (χ2v) is 10.2. The Hall–Kier alpha value is -4.31. The average Bonchev–Trinajstić information content (AvgIpc) is 2.92. The number of amides is 1. The monoisotopic (exact) mass is 570 g/mol. The summed E-state index contributed by atoms with van der Waals surface area (Å²) in [5.74, 6) is -1.74. The molecule has 0 atom stereocenters. The van der Waals surface area contributed by atoms with Crippen molar-refractivity contribution in [3.05, 3.63) is 101 Å². The molecular formula is C31H33F3N2O5. The van der Waals surface area contributed by atoms with Gasteiger partial charge in [0.2, 0.25) is 0 Å². The van der Waals surface area contributed by atoms with Crippen molar-refractivity contribution < 1.29 is 37.4 Å². The average molecular weight is 571 g/mol. The van der Waals surface area contributed by atoms with Crippen molar-refractivity contribution in [3.63, 3.8) is 0 Å². The van der Waals surface area contributed by atoms with Gasteiger partial charge < -0.3 is 15.2 Å². The van der Waals surface area contributed by atoms with E-state index in [-0.39, 0.29) is 28.8 Å². The van der Waals surface area contributed by atoms with E-state index in [9.17, 15) is 27.9 Å². The number of alkyl halides is 3. The first kappa shape index (κ1) is 31.2. The molecule has 0 aliphatic rings. The Kier molecular flexibility index (Phi) is 10.2. The number of hydroxylamine groups is 1. The minimum atomic E-state index is -4.54. The van der Waals surface area contributed by atoms with Crippen molar-refractivity contribution in [2.24, 2.45) is 0 Å². The van der Waals surface area contributed by atoms with Crippen molar-refractivity contribution in [1.82, 2.24) is 5.48 Å². The maximum atomic E-state index is 12.8. The summed E-state index contributed by atoms with van der Waals surface area (Å²) >= 11 is 0. The Labute approximate surface area is 236 Å². The summed E-state index contributed by atoms with van der Waals surface area (Å²) in [4.78, 5) is 29.8. The van der Waals surface area contributed by atoms with Gasteiger partial charge in [-0.05, 0) is 59.9 Å². The maximum absolute atomic E-state index is 12.8. The van der Waals surface area contributed by atoms with E-state index >= 15 is 0 Å². The molecule has 0 fully saturated rings. The standard InChI is InChI=1S/C31H33F3N2O5/c1-5-26(20-7-11-22(12-8-20)30(2,3)4)36-41-18-6-17-40-24-15-16-25(29(38)39)27(19-24)35-28(37)21-9-13-23(14-10-21)31(32,33)34/h5,7-16,19,36H,6,17-18H2,1-4H3,(H,35,37)(H,38,39). The number of rotatable bonds is 11. The van der Waals surface area contributed by atoms with Crippen LogP contribution in [0.3, 0.4) is 0 Å². The third-order valence-corrected chi connectivity index (χ3v) is 6.14. The molecule has 3 aromatic carbocycles. The fourth-order valence-corrected chi connectivity index (χ4v) is 3.79. The van der Waals surface area contributed by atoms with E-state index in [2.05, 4.69) is 43.7 Å². The van der Waals surface area contributed by atoms with Crippen molar-refractivity contribution in [2.45, 2.75) is 45.7 Å². The van der Waals surface area contributed by atoms with Crippen LogP contribution in [0.15, 0.2) is 72.8 Å². The quantitative estimate of drug-likeness (QED) is 0.165. The van der Waals surface area contributed by atoms with E-state index in [1.54, 1.807) is 0 Å². The van der Waals surface area contributed by atoms with Crippen molar-refractivity contribution in [2.75, 3.05) is 18.5 Å². The Morgan fingerprint density at radius 1 is 0.878 bits per heavy atom.